The minimum Gasteiger partial charge on any atom is -0.481 e. The molecule has 1 aromatic rings. The minimum atomic E-state index is -0.656. The van der Waals surface area contributed by atoms with Crippen molar-refractivity contribution in [1.82, 2.24) is 0 Å². The third kappa shape index (κ3) is 9.60. The molecule has 3 N–H and O–H groups in total. The molecule has 1 aliphatic carbocycles. The molecule has 174 valence electrons. The van der Waals surface area contributed by atoms with Gasteiger partial charge in [0.05, 0.1) is 0 Å². The first-order chi connectivity index (χ1) is 15.2. The summed E-state index contributed by atoms with van der Waals surface area (Å²) in [5, 5.41) is 9.63. The van der Waals surface area contributed by atoms with Crippen molar-refractivity contribution in [3.05, 3.63) is 48.0 Å². The molecule has 4 unspecified atom stereocenters. The van der Waals surface area contributed by atoms with Crippen LogP contribution in [0.4, 0.5) is 0 Å². The molecular formula is C28H45NO2. The van der Waals surface area contributed by atoms with E-state index in [1.165, 1.54) is 56.9 Å². The molecule has 0 amide bonds. The highest BCUT2D eigenvalue weighted by Crippen LogP contribution is 2.45. The maximum Gasteiger partial charge on any atom is 0.303 e. The van der Waals surface area contributed by atoms with Gasteiger partial charge >= 0.3 is 5.97 Å². The van der Waals surface area contributed by atoms with Gasteiger partial charge in [-0.1, -0.05) is 68.7 Å². The molecule has 0 saturated heterocycles. The van der Waals surface area contributed by atoms with Crippen molar-refractivity contribution in [1.29, 1.82) is 0 Å². The molecule has 3 nitrogen and oxygen atoms in total. The monoisotopic (exact) mass is 427 g/mol. The Balaban J connectivity index is 1.90. The van der Waals surface area contributed by atoms with Crippen LogP contribution < -0.4 is 5.73 Å². The van der Waals surface area contributed by atoms with E-state index in [2.05, 4.69) is 43.3 Å². The Bertz CT molecular complexity index is 627. The molecule has 3 heteroatoms. The van der Waals surface area contributed by atoms with Crippen LogP contribution >= 0.6 is 0 Å². The van der Waals surface area contributed by atoms with E-state index in [0.29, 0.717) is 24.3 Å². The topological polar surface area (TPSA) is 63.3 Å². The van der Waals surface area contributed by atoms with Crippen LogP contribution in [0.1, 0.15) is 89.5 Å². The van der Waals surface area contributed by atoms with Gasteiger partial charge in [-0.2, -0.15) is 0 Å². The normalized spacial score (nSPS) is 23.9. The zero-order valence-electron chi connectivity index (χ0n) is 19.7. The van der Waals surface area contributed by atoms with Crippen LogP contribution in [0.25, 0.3) is 0 Å². The zero-order valence-corrected chi connectivity index (χ0v) is 19.7. The van der Waals surface area contributed by atoms with E-state index in [4.69, 9.17) is 5.73 Å². The number of carboxylic acids is 1. The van der Waals surface area contributed by atoms with Crippen molar-refractivity contribution >= 4 is 5.97 Å². The lowest BCUT2D eigenvalue weighted by Crippen LogP contribution is -2.38. The first kappa shape index (κ1) is 25.6. The van der Waals surface area contributed by atoms with Crippen molar-refractivity contribution in [2.24, 2.45) is 29.4 Å². The average Bonchev–Trinajstić information content (AvgIpc) is 2.76. The van der Waals surface area contributed by atoms with Crippen LogP contribution in [0, 0.1) is 23.7 Å². The van der Waals surface area contributed by atoms with Gasteiger partial charge in [0.2, 0.25) is 0 Å². The molecule has 2 rings (SSSR count). The number of aliphatic carboxylic acids is 1. The Kier molecular flexibility index (Phi) is 12.6. The maximum atomic E-state index is 11.7. The molecule has 0 aromatic heterocycles. The molecule has 31 heavy (non-hydrogen) atoms. The van der Waals surface area contributed by atoms with E-state index in [0.717, 1.165) is 25.7 Å². The van der Waals surface area contributed by atoms with E-state index in [1.54, 1.807) is 0 Å². The number of carboxylic acid groups (broad SMARTS) is 1. The quantitative estimate of drug-likeness (QED) is 0.234. The fourth-order valence-corrected chi connectivity index (χ4v) is 5.67. The highest BCUT2D eigenvalue weighted by Gasteiger charge is 2.39. The van der Waals surface area contributed by atoms with Gasteiger partial charge in [-0.3, -0.25) is 4.79 Å². The van der Waals surface area contributed by atoms with E-state index < -0.39 is 5.97 Å². The lowest BCUT2D eigenvalue weighted by atomic mass is 9.62. The van der Waals surface area contributed by atoms with Crippen molar-refractivity contribution in [3.8, 4) is 0 Å². The van der Waals surface area contributed by atoms with Crippen LogP contribution in [0.15, 0.2) is 42.5 Å². The van der Waals surface area contributed by atoms with Gasteiger partial charge in [0.25, 0.3) is 0 Å². The number of hydrogen-bond donors (Lipinski definition) is 2. The second kappa shape index (κ2) is 15.2. The van der Waals surface area contributed by atoms with E-state index in [9.17, 15) is 9.90 Å². The van der Waals surface area contributed by atoms with Crippen LogP contribution in [0.2, 0.25) is 0 Å². The average molecular weight is 428 g/mol. The van der Waals surface area contributed by atoms with E-state index in [1.807, 2.05) is 6.07 Å². The van der Waals surface area contributed by atoms with Crippen LogP contribution in [-0.2, 0) is 11.2 Å². The molecule has 1 aliphatic rings. The van der Waals surface area contributed by atoms with Crippen molar-refractivity contribution in [3.63, 3.8) is 0 Å². The van der Waals surface area contributed by atoms with Gasteiger partial charge in [-0.15, -0.1) is 0 Å². The molecule has 1 fully saturated rings. The predicted molar refractivity (Wildman–Crippen MR) is 131 cm³/mol. The lowest BCUT2D eigenvalue weighted by molar-refractivity contribution is -0.140. The Hall–Kier alpha value is -1.61. The summed E-state index contributed by atoms with van der Waals surface area (Å²) in [7, 11) is 0. The van der Waals surface area contributed by atoms with Gasteiger partial charge in [-0.05, 0) is 93.6 Å². The first-order valence-electron chi connectivity index (χ1n) is 12.8. The third-order valence-corrected chi connectivity index (χ3v) is 7.26. The minimum absolute atomic E-state index is 0.245. The number of allylic oxidation sites excluding steroid dienone is 2. The second-order valence-corrected chi connectivity index (χ2v) is 9.54. The van der Waals surface area contributed by atoms with Gasteiger partial charge in [-0.25, -0.2) is 0 Å². The van der Waals surface area contributed by atoms with Crippen LogP contribution in [0.5, 0.6) is 0 Å². The summed E-state index contributed by atoms with van der Waals surface area (Å²) < 4.78 is 0. The Morgan fingerprint density at radius 1 is 0.968 bits per heavy atom. The van der Waals surface area contributed by atoms with Crippen molar-refractivity contribution in [2.45, 2.75) is 90.4 Å². The van der Waals surface area contributed by atoms with Crippen LogP contribution in [0.3, 0.4) is 0 Å². The number of rotatable bonds is 15. The highest BCUT2D eigenvalue weighted by molar-refractivity contribution is 5.67. The Morgan fingerprint density at radius 3 is 2.35 bits per heavy atom. The molecule has 1 aromatic carbocycles. The largest absolute Gasteiger partial charge is 0.481 e. The van der Waals surface area contributed by atoms with E-state index in [-0.39, 0.29) is 12.3 Å². The summed E-state index contributed by atoms with van der Waals surface area (Å²) in [5.41, 5.74) is 7.33. The highest BCUT2D eigenvalue weighted by atomic mass is 16.4. The maximum absolute atomic E-state index is 11.7. The fourth-order valence-electron chi connectivity index (χ4n) is 5.67. The summed E-state index contributed by atoms with van der Waals surface area (Å²) in [6.45, 7) is 2.91. The standard InChI is InChI=1S/C28H45NO2/c1-2-3-4-5-6-7-8-9-13-16-24-17-18-25(21-23-14-11-10-12-15-23)27(22-28(30)31)26(24)19-20-29/h7-8,10-12,14-15,24-27H,2-6,9,13,16-22,29H2,1H3,(H,30,31). The smallest absolute Gasteiger partial charge is 0.303 e. The summed E-state index contributed by atoms with van der Waals surface area (Å²) in [4.78, 5) is 11.7. The van der Waals surface area contributed by atoms with Crippen molar-refractivity contribution in [2.75, 3.05) is 6.54 Å². The van der Waals surface area contributed by atoms with Gasteiger partial charge < -0.3 is 10.8 Å². The number of benzene rings is 1. The summed E-state index contributed by atoms with van der Waals surface area (Å²) in [6, 6.07) is 10.6. The lowest BCUT2D eigenvalue weighted by Gasteiger charge is -2.43. The van der Waals surface area contributed by atoms with Gasteiger partial charge in [0, 0.05) is 6.42 Å². The molecule has 0 bridgehead atoms. The SMILES string of the molecule is CCCCCCC=CCCCC1CCC(Cc2ccccc2)C(CC(=O)O)C1CCN. The first-order valence-corrected chi connectivity index (χ1v) is 12.8. The summed E-state index contributed by atoms with van der Waals surface area (Å²) in [6.07, 6.45) is 19.4. The van der Waals surface area contributed by atoms with Gasteiger partial charge in [0.15, 0.2) is 0 Å². The van der Waals surface area contributed by atoms with Crippen molar-refractivity contribution < 1.29 is 9.90 Å². The third-order valence-electron chi connectivity index (χ3n) is 7.26. The number of nitrogens with two attached hydrogens (primary N) is 1. The molecule has 1 saturated carbocycles. The molecule has 0 radical (unpaired) electrons. The number of hydrogen-bond acceptors (Lipinski definition) is 2. The molecule has 4 atom stereocenters. The summed E-state index contributed by atoms with van der Waals surface area (Å²) >= 11 is 0. The Morgan fingerprint density at radius 2 is 1.68 bits per heavy atom. The molecule has 0 heterocycles. The molecular weight excluding hydrogens is 382 g/mol. The van der Waals surface area contributed by atoms with Gasteiger partial charge in [0.1, 0.15) is 0 Å². The Labute approximate surface area is 190 Å². The fraction of sp³-hybridized carbons (Fsp3) is 0.679. The molecule has 0 aliphatic heterocycles. The number of carbonyl (C=O) groups is 1. The summed E-state index contributed by atoms with van der Waals surface area (Å²) in [5.74, 6) is 1.11. The van der Waals surface area contributed by atoms with Crippen LogP contribution in [-0.4, -0.2) is 17.6 Å². The zero-order chi connectivity index (χ0) is 22.3. The number of unbranched alkanes of at least 4 members (excludes halogenated alkanes) is 5. The predicted octanol–water partition coefficient (Wildman–Crippen LogP) is 7.01. The second-order valence-electron chi connectivity index (χ2n) is 9.54. The van der Waals surface area contributed by atoms with E-state index >= 15 is 0 Å². The molecule has 0 spiro atoms.